The first-order chi connectivity index (χ1) is 7.51. The minimum atomic E-state index is -0.868. The predicted molar refractivity (Wildman–Crippen MR) is 60.7 cm³/mol. The first-order valence-corrected chi connectivity index (χ1v) is 5.49. The van der Waals surface area contributed by atoms with Gasteiger partial charge in [0.05, 0.1) is 12.6 Å². The van der Waals surface area contributed by atoms with E-state index in [2.05, 4.69) is 5.32 Å². The summed E-state index contributed by atoms with van der Waals surface area (Å²) < 4.78 is 0. The number of rotatable bonds is 7. The van der Waals surface area contributed by atoms with Gasteiger partial charge in [-0.3, -0.25) is 10.1 Å². The van der Waals surface area contributed by atoms with Gasteiger partial charge >= 0.3 is 6.03 Å². The van der Waals surface area contributed by atoms with Gasteiger partial charge in [-0.2, -0.15) is 0 Å². The lowest BCUT2D eigenvalue weighted by Crippen LogP contribution is -2.43. The second-order valence-corrected chi connectivity index (χ2v) is 3.69. The summed E-state index contributed by atoms with van der Waals surface area (Å²) in [5, 5.41) is 14.4. The van der Waals surface area contributed by atoms with Crippen molar-refractivity contribution in [2.45, 2.75) is 32.8 Å². The van der Waals surface area contributed by atoms with E-state index in [0.29, 0.717) is 6.54 Å². The zero-order valence-corrected chi connectivity index (χ0v) is 9.82. The van der Waals surface area contributed by atoms with E-state index in [-0.39, 0.29) is 12.5 Å². The number of hydrogen-bond donors (Lipinski definition) is 4. The number of nitrogens with two attached hydrogens (primary N) is 1. The van der Waals surface area contributed by atoms with Crippen LogP contribution in [-0.2, 0) is 4.79 Å². The summed E-state index contributed by atoms with van der Waals surface area (Å²) in [4.78, 5) is 21.3. The van der Waals surface area contributed by atoms with Crippen molar-refractivity contribution in [3.05, 3.63) is 0 Å². The lowest BCUT2D eigenvalue weighted by atomic mass is 9.97. The molecule has 0 heterocycles. The minimum Gasteiger partial charge on any atom is -0.392 e. The molecule has 0 fully saturated rings. The highest BCUT2D eigenvalue weighted by molar-refractivity contribution is 5.94. The monoisotopic (exact) mass is 231 g/mol. The summed E-state index contributed by atoms with van der Waals surface area (Å²) in [6.07, 6.45) is 1.32. The second-order valence-electron chi connectivity index (χ2n) is 3.69. The van der Waals surface area contributed by atoms with Crippen molar-refractivity contribution in [1.29, 1.82) is 0 Å². The largest absolute Gasteiger partial charge is 0.392 e. The zero-order chi connectivity index (χ0) is 12.6. The molecular weight excluding hydrogens is 210 g/mol. The standard InChI is InChI=1S/C10H21N3O3/c1-3-7(4-2)8(14)5-12-6-9(15)13-10(11)16/h7-8,12,14H,3-6H2,1-2H3,(H3,11,13,15,16). The molecule has 0 aliphatic rings. The van der Waals surface area contributed by atoms with Gasteiger partial charge in [0.1, 0.15) is 0 Å². The van der Waals surface area contributed by atoms with Crippen molar-refractivity contribution in [1.82, 2.24) is 10.6 Å². The molecule has 0 saturated heterocycles. The van der Waals surface area contributed by atoms with Gasteiger partial charge < -0.3 is 16.2 Å². The smallest absolute Gasteiger partial charge is 0.318 e. The van der Waals surface area contributed by atoms with Gasteiger partial charge in [-0.05, 0) is 5.92 Å². The number of imide groups is 1. The SMILES string of the molecule is CCC(CC)C(O)CNCC(=O)NC(N)=O. The van der Waals surface area contributed by atoms with Crippen LogP contribution in [0.2, 0.25) is 0 Å². The van der Waals surface area contributed by atoms with Gasteiger partial charge in [0.15, 0.2) is 0 Å². The highest BCUT2D eigenvalue weighted by Crippen LogP contribution is 2.11. The number of carbonyl (C=O) groups excluding carboxylic acids is 2. The maximum Gasteiger partial charge on any atom is 0.318 e. The Kier molecular flexibility index (Phi) is 7.49. The van der Waals surface area contributed by atoms with Crippen molar-refractivity contribution in [3.63, 3.8) is 0 Å². The molecule has 1 unspecified atom stereocenters. The van der Waals surface area contributed by atoms with Crippen molar-refractivity contribution >= 4 is 11.9 Å². The average Bonchev–Trinajstić information content (AvgIpc) is 2.18. The predicted octanol–water partition coefficient (Wildman–Crippen LogP) is -0.432. The van der Waals surface area contributed by atoms with Crippen LogP contribution in [0.1, 0.15) is 26.7 Å². The van der Waals surface area contributed by atoms with E-state index in [4.69, 9.17) is 5.73 Å². The van der Waals surface area contributed by atoms with Gasteiger partial charge in [-0.15, -0.1) is 0 Å². The Hall–Kier alpha value is -1.14. The molecule has 94 valence electrons. The molecule has 6 nitrogen and oxygen atoms in total. The third kappa shape index (κ3) is 6.36. The molecule has 0 aromatic carbocycles. The highest BCUT2D eigenvalue weighted by atomic mass is 16.3. The van der Waals surface area contributed by atoms with E-state index in [1.54, 1.807) is 0 Å². The van der Waals surface area contributed by atoms with E-state index in [1.807, 2.05) is 19.2 Å². The summed E-state index contributed by atoms with van der Waals surface area (Å²) >= 11 is 0. The van der Waals surface area contributed by atoms with Crippen LogP contribution in [0.5, 0.6) is 0 Å². The molecule has 16 heavy (non-hydrogen) atoms. The molecular formula is C10H21N3O3. The Morgan fingerprint density at radius 3 is 2.31 bits per heavy atom. The molecule has 0 aromatic rings. The Morgan fingerprint density at radius 1 is 1.31 bits per heavy atom. The maximum absolute atomic E-state index is 11.0. The molecule has 0 bridgehead atoms. The van der Waals surface area contributed by atoms with Crippen LogP contribution >= 0.6 is 0 Å². The van der Waals surface area contributed by atoms with Gasteiger partial charge in [0.25, 0.3) is 0 Å². The van der Waals surface area contributed by atoms with Crippen molar-refractivity contribution in [2.75, 3.05) is 13.1 Å². The normalized spacial score (nSPS) is 12.5. The molecule has 0 radical (unpaired) electrons. The van der Waals surface area contributed by atoms with Crippen LogP contribution in [0.15, 0.2) is 0 Å². The van der Waals surface area contributed by atoms with Crippen LogP contribution in [0.3, 0.4) is 0 Å². The summed E-state index contributed by atoms with van der Waals surface area (Å²) in [5.41, 5.74) is 4.77. The van der Waals surface area contributed by atoms with Gasteiger partial charge in [0, 0.05) is 6.54 Å². The number of hydrogen-bond acceptors (Lipinski definition) is 4. The Bertz CT molecular complexity index is 229. The lowest BCUT2D eigenvalue weighted by Gasteiger charge is -2.20. The van der Waals surface area contributed by atoms with Crippen LogP contribution in [0.25, 0.3) is 0 Å². The van der Waals surface area contributed by atoms with Crippen LogP contribution in [0, 0.1) is 5.92 Å². The van der Waals surface area contributed by atoms with Crippen LogP contribution in [0.4, 0.5) is 4.79 Å². The van der Waals surface area contributed by atoms with E-state index >= 15 is 0 Å². The number of amides is 3. The number of nitrogens with one attached hydrogen (secondary N) is 2. The van der Waals surface area contributed by atoms with E-state index < -0.39 is 18.0 Å². The molecule has 0 saturated carbocycles. The van der Waals surface area contributed by atoms with E-state index in [0.717, 1.165) is 12.8 Å². The van der Waals surface area contributed by atoms with E-state index in [1.165, 1.54) is 0 Å². The fourth-order valence-corrected chi connectivity index (χ4v) is 1.51. The topological polar surface area (TPSA) is 104 Å². The second kappa shape index (κ2) is 8.06. The molecule has 0 aromatic heterocycles. The molecule has 0 aliphatic heterocycles. The third-order valence-corrected chi connectivity index (χ3v) is 2.49. The number of primary amides is 1. The maximum atomic E-state index is 11.0. The summed E-state index contributed by atoms with van der Waals surface area (Å²) in [6.45, 7) is 4.33. The zero-order valence-electron chi connectivity index (χ0n) is 9.82. The van der Waals surface area contributed by atoms with Crippen molar-refractivity contribution in [2.24, 2.45) is 11.7 Å². The first kappa shape index (κ1) is 14.9. The molecule has 0 rings (SSSR count). The van der Waals surface area contributed by atoms with Crippen LogP contribution in [-0.4, -0.2) is 36.2 Å². The summed E-state index contributed by atoms with van der Waals surface area (Å²) in [5.74, 6) is -0.268. The van der Waals surface area contributed by atoms with Crippen LogP contribution < -0.4 is 16.4 Å². The number of urea groups is 1. The summed E-state index contributed by atoms with van der Waals surface area (Å²) in [7, 11) is 0. The highest BCUT2D eigenvalue weighted by Gasteiger charge is 2.15. The molecule has 5 N–H and O–H groups in total. The Morgan fingerprint density at radius 2 is 1.88 bits per heavy atom. The minimum absolute atomic E-state index is 0.0276. The van der Waals surface area contributed by atoms with Crippen molar-refractivity contribution < 1.29 is 14.7 Å². The molecule has 0 aliphatic carbocycles. The fraction of sp³-hybridized carbons (Fsp3) is 0.800. The van der Waals surface area contributed by atoms with E-state index in [9.17, 15) is 14.7 Å². The lowest BCUT2D eigenvalue weighted by molar-refractivity contribution is -0.119. The quantitative estimate of drug-likeness (QED) is 0.477. The Balaban J connectivity index is 3.72. The molecule has 6 heteroatoms. The number of carbonyl (C=O) groups is 2. The van der Waals surface area contributed by atoms with Gasteiger partial charge in [-0.1, -0.05) is 26.7 Å². The third-order valence-electron chi connectivity index (χ3n) is 2.49. The molecule has 0 spiro atoms. The summed E-state index contributed by atoms with van der Waals surface area (Å²) in [6, 6.07) is -0.868. The fourth-order valence-electron chi connectivity index (χ4n) is 1.51. The van der Waals surface area contributed by atoms with Gasteiger partial charge in [-0.25, -0.2) is 4.79 Å². The number of aliphatic hydroxyl groups is 1. The first-order valence-electron chi connectivity index (χ1n) is 5.49. The molecule has 1 atom stereocenters. The van der Waals surface area contributed by atoms with Crippen molar-refractivity contribution in [3.8, 4) is 0 Å². The number of aliphatic hydroxyl groups excluding tert-OH is 1. The average molecular weight is 231 g/mol. The Labute approximate surface area is 95.6 Å². The van der Waals surface area contributed by atoms with Gasteiger partial charge in [0.2, 0.25) is 5.91 Å². The molecule has 3 amide bonds.